The van der Waals surface area contributed by atoms with Crippen molar-refractivity contribution in [1.82, 2.24) is 4.90 Å². The maximum atomic E-state index is 11.7. The summed E-state index contributed by atoms with van der Waals surface area (Å²) in [5.41, 5.74) is 0. The third-order valence-corrected chi connectivity index (χ3v) is 2.31. The largest absolute Gasteiger partial charge is 0.335 e. The van der Waals surface area contributed by atoms with Crippen molar-refractivity contribution in [3.8, 4) is 0 Å². The number of hydrogen-bond acceptors (Lipinski definition) is 2. The van der Waals surface area contributed by atoms with Crippen molar-refractivity contribution in [3.63, 3.8) is 0 Å². The number of nitrogens with zero attached hydrogens (tertiary/aromatic N) is 1. The van der Waals surface area contributed by atoms with Crippen molar-refractivity contribution in [3.05, 3.63) is 0 Å². The summed E-state index contributed by atoms with van der Waals surface area (Å²) in [6.45, 7) is 9.13. The van der Waals surface area contributed by atoms with Gasteiger partial charge in [0.1, 0.15) is 0 Å². The molecule has 0 fully saturated rings. The van der Waals surface area contributed by atoms with Crippen LogP contribution in [0.4, 0.5) is 0 Å². The lowest BCUT2D eigenvalue weighted by Gasteiger charge is -2.30. The Morgan fingerprint density at radius 2 is 1.50 bits per heavy atom. The smallest absolute Gasteiger partial charge is 0.225 e. The molecule has 0 N–H and O–H groups in total. The van der Waals surface area contributed by atoms with E-state index in [1.807, 2.05) is 27.7 Å². The molecule has 0 aromatic carbocycles. The monoisotopic (exact) mass is 199 g/mol. The number of carbonyl (C=O) groups is 2. The number of ketones is 1. The zero-order valence-electron chi connectivity index (χ0n) is 10.00. The zero-order valence-corrected chi connectivity index (χ0v) is 10.00. The standard InChI is InChI=1S/C11H21NO2/c1-7(2)10(9(5)13)12(6)11(14)8(3)4/h7-8,10H,1-6H3/t10-/m0/s1. The van der Waals surface area contributed by atoms with E-state index in [2.05, 4.69) is 0 Å². The molecule has 82 valence electrons. The summed E-state index contributed by atoms with van der Waals surface area (Å²) in [4.78, 5) is 24.6. The summed E-state index contributed by atoms with van der Waals surface area (Å²) in [6.07, 6.45) is 0. The third-order valence-electron chi connectivity index (χ3n) is 2.31. The second kappa shape index (κ2) is 5.13. The summed E-state index contributed by atoms with van der Waals surface area (Å²) in [6, 6.07) is -0.287. The normalized spacial score (nSPS) is 13.1. The molecule has 0 rings (SSSR count). The van der Waals surface area contributed by atoms with E-state index < -0.39 is 0 Å². The topological polar surface area (TPSA) is 37.4 Å². The van der Waals surface area contributed by atoms with Gasteiger partial charge in [-0.2, -0.15) is 0 Å². The molecular formula is C11H21NO2. The Morgan fingerprint density at radius 1 is 1.07 bits per heavy atom. The van der Waals surface area contributed by atoms with Crippen molar-refractivity contribution in [1.29, 1.82) is 0 Å². The molecule has 0 aliphatic heterocycles. The van der Waals surface area contributed by atoms with Crippen LogP contribution in [-0.2, 0) is 9.59 Å². The summed E-state index contributed by atoms with van der Waals surface area (Å²) >= 11 is 0. The summed E-state index contributed by atoms with van der Waals surface area (Å²) in [5.74, 6) is 0.191. The van der Waals surface area contributed by atoms with Crippen LogP contribution in [0.5, 0.6) is 0 Å². The van der Waals surface area contributed by atoms with E-state index in [0.717, 1.165) is 0 Å². The van der Waals surface area contributed by atoms with Gasteiger partial charge in [-0.25, -0.2) is 0 Å². The van der Waals surface area contributed by atoms with Gasteiger partial charge in [-0.05, 0) is 12.8 Å². The van der Waals surface area contributed by atoms with Crippen LogP contribution >= 0.6 is 0 Å². The number of amides is 1. The van der Waals surface area contributed by atoms with Crippen LogP contribution in [0.2, 0.25) is 0 Å². The molecule has 3 heteroatoms. The third kappa shape index (κ3) is 3.13. The minimum Gasteiger partial charge on any atom is -0.335 e. The van der Waals surface area contributed by atoms with Crippen LogP contribution in [0.1, 0.15) is 34.6 Å². The van der Waals surface area contributed by atoms with Crippen LogP contribution in [0, 0.1) is 11.8 Å². The molecule has 0 radical (unpaired) electrons. The van der Waals surface area contributed by atoms with Crippen molar-refractivity contribution in [2.45, 2.75) is 40.7 Å². The number of Topliss-reactive ketones (excluding diaryl/α,β-unsaturated/α-hetero) is 1. The number of hydrogen-bond donors (Lipinski definition) is 0. The molecule has 1 atom stereocenters. The molecule has 0 aromatic rings. The van der Waals surface area contributed by atoms with E-state index >= 15 is 0 Å². The van der Waals surface area contributed by atoms with Gasteiger partial charge in [0, 0.05) is 13.0 Å². The van der Waals surface area contributed by atoms with E-state index in [9.17, 15) is 9.59 Å². The van der Waals surface area contributed by atoms with Gasteiger partial charge < -0.3 is 4.90 Å². The molecule has 0 spiro atoms. The molecule has 14 heavy (non-hydrogen) atoms. The Morgan fingerprint density at radius 3 is 1.71 bits per heavy atom. The highest BCUT2D eigenvalue weighted by atomic mass is 16.2. The summed E-state index contributed by atoms with van der Waals surface area (Å²) in [5, 5.41) is 0. The minimum atomic E-state index is -0.287. The molecule has 0 aromatic heterocycles. The van der Waals surface area contributed by atoms with Gasteiger partial charge >= 0.3 is 0 Å². The predicted molar refractivity (Wildman–Crippen MR) is 56.9 cm³/mol. The highest BCUT2D eigenvalue weighted by Crippen LogP contribution is 2.13. The molecule has 0 aliphatic rings. The van der Waals surface area contributed by atoms with E-state index in [-0.39, 0.29) is 29.6 Å². The SMILES string of the molecule is CC(=O)[C@H](C(C)C)N(C)C(=O)C(C)C. The fraction of sp³-hybridized carbons (Fsp3) is 0.818. The Balaban J connectivity index is 4.68. The van der Waals surface area contributed by atoms with Crippen molar-refractivity contribution < 1.29 is 9.59 Å². The van der Waals surface area contributed by atoms with Crippen molar-refractivity contribution >= 4 is 11.7 Å². The van der Waals surface area contributed by atoms with E-state index in [1.165, 1.54) is 6.92 Å². The Labute approximate surface area is 86.5 Å². The molecule has 3 nitrogen and oxygen atoms in total. The number of carbonyl (C=O) groups excluding carboxylic acids is 2. The minimum absolute atomic E-state index is 0.0268. The van der Waals surface area contributed by atoms with Gasteiger partial charge in [-0.1, -0.05) is 27.7 Å². The quantitative estimate of drug-likeness (QED) is 0.691. The first-order chi connectivity index (χ1) is 6.29. The summed E-state index contributed by atoms with van der Waals surface area (Å²) < 4.78 is 0. The zero-order chi connectivity index (χ0) is 11.5. The predicted octanol–water partition coefficient (Wildman–Crippen LogP) is 1.71. The summed E-state index contributed by atoms with van der Waals surface area (Å²) in [7, 11) is 1.70. The maximum Gasteiger partial charge on any atom is 0.225 e. The van der Waals surface area contributed by atoms with E-state index in [0.29, 0.717) is 0 Å². The fourth-order valence-electron chi connectivity index (χ4n) is 1.73. The first-order valence-electron chi connectivity index (χ1n) is 5.06. The Bertz CT molecular complexity index is 221. The lowest BCUT2D eigenvalue weighted by molar-refractivity contribution is -0.141. The van der Waals surface area contributed by atoms with Gasteiger partial charge in [0.25, 0.3) is 0 Å². The second-order valence-electron chi connectivity index (χ2n) is 4.40. The highest BCUT2D eigenvalue weighted by molar-refractivity contribution is 5.88. The number of likely N-dealkylation sites (N-methyl/N-ethyl adjacent to an activating group) is 1. The van der Waals surface area contributed by atoms with E-state index in [1.54, 1.807) is 11.9 Å². The van der Waals surface area contributed by atoms with Crippen LogP contribution in [-0.4, -0.2) is 29.7 Å². The van der Waals surface area contributed by atoms with Gasteiger partial charge in [0.05, 0.1) is 6.04 Å². The second-order valence-corrected chi connectivity index (χ2v) is 4.40. The Hall–Kier alpha value is -0.860. The fourth-order valence-corrected chi connectivity index (χ4v) is 1.73. The molecule has 0 unspecified atom stereocenters. The molecule has 1 amide bonds. The van der Waals surface area contributed by atoms with Gasteiger partial charge in [0.2, 0.25) is 5.91 Å². The first-order valence-corrected chi connectivity index (χ1v) is 5.06. The number of rotatable bonds is 4. The maximum absolute atomic E-state index is 11.7. The first kappa shape index (κ1) is 13.1. The molecule has 0 saturated heterocycles. The molecule has 0 aliphatic carbocycles. The highest BCUT2D eigenvalue weighted by Gasteiger charge is 2.27. The lowest BCUT2D eigenvalue weighted by Crippen LogP contribution is -2.46. The molecule has 0 saturated carbocycles. The van der Waals surface area contributed by atoms with Gasteiger partial charge in [-0.3, -0.25) is 9.59 Å². The van der Waals surface area contributed by atoms with Crippen LogP contribution in [0.25, 0.3) is 0 Å². The molecule has 0 bridgehead atoms. The Kier molecular flexibility index (Phi) is 4.81. The average molecular weight is 199 g/mol. The van der Waals surface area contributed by atoms with Gasteiger partial charge in [-0.15, -0.1) is 0 Å². The average Bonchev–Trinajstić information content (AvgIpc) is 2.01. The van der Waals surface area contributed by atoms with Crippen LogP contribution < -0.4 is 0 Å². The van der Waals surface area contributed by atoms with Gasteiger partial charge in [0.15, 0.2) is 5.78 Å². The van der Waals surface area contributed by atoms with Crippen LogP contribution in [0.3, 0.4) is 0 Å². The molecule has 0 heterocycles. The lowest BCUT2D eigenvalue weighted by atomic mass is 9.98. The van der Waals surface area contributed by atoms with E-state index in [4.69, 9.17) is 0 Å². The van der Waals surface area contributed by atoms with Crippen molar-refractivity contribution in [2.75, 3.05) is 7.05 Å². The van der Waals surface area contributed by atoms with Crippen molar-refractivity contribution in [2.24, 2.45) is 11.8 Å². The van der Waals surface area contributed by atoms with Crippen LogP contribution in [0.15, 0.2) is 0 Å². The molecular weight excluding hydrogens is 178 g/mol.